The van der Waals surface area contributed by atoms with Crippen LogP contribution in [0.25, 0.3) is 0 Å². The fourth-order valence-corrected chi connectivity index (χ4v) is 3.55. The van der Waals surface area contributed by atoms with E-state index < -0.39 is 22.0 Å². The third-order valence-electron chi connectivity index (χ3n) is 3.00. The van der Waals surface area contributed by atoms with Gasteiger partial charge in [0.05, 0.1) is 17.1 Å². The Morgan fingerprint density at radius 1 is 1.47 bits per heavy atom. The number of hydrogen-bond donors (Lipinski definition) is 1. The molecule has 6 heteroatoms. The molecule has 108 valence electrons. The molecule has 5 nitrogen and oxygen atoms in total. The lowest BCUT2D eigenvalue weighted by Crippen LogP contribution is -2.32. The van der Waals surface area contributed by atoms with Crippen molar-refractivity contribution in [3.63, 3.8) is 0 Å². The number of carboxylic acid groups (broad SMARTS) is 1. The number of aryl methyl sites for hydroxylation is 2. The van der Waals surface area contributed by atoms with Crippen molar-refractivity contribution in [3.8, 4) is 0 Å². The van der Waals surface area contributed by atoms with Crippen LogP contribution in [0, 0.1) is 5.92 Å². The van der Waals surface area contributed by atoms with E-state index in [2.05, 4.69) is 5.10 Å². The quantitative estimate of drug-likeness (QED) is 0.830. The van der Waals surface area contributed by atoms with Gasteiger partial charge in [-0.25, -0.2) is 0 Å². The Morgan fingerprint density at radius 2 is 2.11 bits per heavy atom. The maximum absolute atomic E-state index is 12.3. The van der Waals surface area contributed by atoms with Gasteiger partial charge in [-0.2, -0.15) is 5.10 Å². The van der Waals surface area contributed by atoms with Crippen LogP contribution in [0.2, 0.25) is 0 Å². The number of aliphatic carboxylic acids is 1. The molecule has 1 heterocycles. The third kappa shape index (κ3) is 3.89. The van der Waals surface area contributed by atoms with Crippen molar-refractivity contribution < 1.29 is 14.1 Å². The predicted molar refractivity (Wildman–Crippen MR) is 75.4 cm³/mol. The van der Waals surface area contributed by atoms with E-state index in [1.165, 1.54) is 0 Å². The molecule has 0 radical (unpaired) electrons. The van der Waals surface area contributed by atoms with E-state index in [1.54, 1.807) is 18.5 Å². The summed E-state index contributed by atoms with van der Waals surface area (Å²) in [7, 11) is -1.43. The molecule has 1 N–H and O–H groups in total. The predicted octanol–water partition coefficient (Wildman–Crippen LogP) is 1.82. The van der Waals surface area contributed by atoms with E-state index in [0.717, 1.165) is 17.8 Å². The molecule has 2 atom stereocenters. The molecular formula is C13H22N2O3S. The SMILES string of the molecule is CCc1cc(CS(=O)C(C(=O)O)C(C)C)n(CC)n1. The Kier molecular flexibility index (Phi) is 5.72. The molecule has 0 aromatic carbocycles. The molecule has 0 amide bonds. The first-order valence-corrected chi connectivity index (χ1v) is 7.94. The molecule has 0 aliphatic rings. The van der Waals surface area contributed by atoms with Crippen LogP contribution in [-0.4, -0.2) is 30.3 Å². The van der Waals surface area contributed by atoms with Crippen molar-refractivity contribution in [1.82, 2.24) is 9.78 Å². The molecule has 1 aromatic rings. The summed E-state index contributed by atoms with van der Waals surface area (Å²) in [6.45, 7) is 8.25. The highest BCUT2D eigenvalue weighted by molar-refractivity contribution is 7.85. The van der Waals surface area contributed by atoms with E-state index >= 15 is 0 Å². The van der Waals surface area contributed by atoms with Crippen LogP contribution in [0.4, 0.5) is 0 Å². The molecule has 2 unspecified atom stereocenters. The minimum atomic E-state index is -1.43. The second-order valence-electron chi connectivity index (χ2n) is 4.82. The second kappa shape index (κ2) is 6.84. The molecule has 0 aliphatic carbocycles. The van der Waals surface area contributed by atoms with E-state index in [1.807, 2.05) is 19.9 Å². The minimum absolute atomic E-state index is 0.151. The van der Waals surface area contributed by atoms with Crippen LogP contribution in [0.15, 0.2) is 6.07 Å². The van der Waals surface area contributed by atoms with Crippen LogP contribution in [0.1, 0.15) is 39.1 Å². The summed E-state index contributed by atoms with van der Waals surface area (Å²) >= 11 is 0. The monoisotopic (exact) mass is 286 g/mol. The Bertz CT molecular complexity index is 468. The van der Waals surface area contributed by atoms with Crippen molar-refractivity contribution in [2.24, 2.45) is 5.92 Å². The van der Waals surface area contributed by atoms with E-state index in [9.17, 15) is 9.00 Å². The van der Waals surface area contributed by atoms with Crippen molar-refractivity contribution in [1.29, 1.82) is 0 Å². The molecule has 1 aromatic heterocycles. The van der Waals surface area contributed by atoms with Gasteiger partial charge in [0.25, 0.3) is 0 Å². The maximum atomic E-state index is 12.3. The van der Waals surface area contributed by atoms with Crippen molar-refractivity contribution in [3.05, 3.63) is 17.5 Å². The first-order chi connectivity index (χ1) is 8.90. The molecule has 0 spiro atoms. The first kappa shape index (κ1) is 15.9. The van der Waals surface area contributed by atoms with Gasteiger partial charge in [0.2, 0.25) is 0 Å². The lowest BCUT2D eigenvalue weighted by molar-refractivity contribution is -0.137. The molecule has 0 bridgehead atoms. The standard InChI is InChI=1S/C13H22N2O3S/c1-5-10-7-11(15(6-2)14-10)8-19(18)12(9(3)4)13(16)17/h7,9,12H,5-6,8H2,1-4H3,(H,16,17). The summed E-state index contributed by atoms with van der Waals surface area (Å²) in [4.78, 5) is 11.2. The van der Waals surface area contributed by atoms with E-state index in [0.29, 0.717) is 6.54 Å². The largest absolute Gasteiger partial charge is 0.480 e. The van der Waals surface area contributed by atoms with Gasteiger partial charge in [-0.1, -0.05) is 20.8 Å². The fraction of sp³-hybridized carbons (Fsp3) is 0.692. The highest BCUT2D eigenvalue weighted by Gasteiger charge is 2.28. The van der Waals surface area contributed by atoms with E-state index in [4.69, 9.17) is 5.11 Å². The Balaban J connectivity index is 2.92. The maximum Gasteiger partial charge on any atom is 0.319 e. The number of rotatable bonds is 7. The average Bonchev–Trinajstić information content (AvgIpc) is 2.70. The molecule has 0 aliphatic heterocycles. The summed E-state index contributed by atoms with van der Waals surface area (Å²) in [5.41, 5.74) is 1.80. The number of nitrogens with zero attached hydrogens (tertiary/aromatic N) is 2. The number of aromatic nitrogens is 2. The highest BCUT2D eigenvalue weighted by Crippen LogP contribution is 2.16. The van der Waals surface area contributed by atoms with Gasteiger partial charge in [-0.15, -0.1) is 0 Å². The third-order valence-corrected chi connectivity index (χ3v) is 4.89. The van der Waals surface area contributed by atoms with E-state index in [-0.39, 0.29) is 11.7 Å². The Labute approximate surface area is 116 Å². The molecule has 0 fully saturated rings. The number of carboxylic acids is 1. The van der Waals surface area contributed by atoms with Gasteiger partial charge >= 0.3 is 5.97 Å². The lowest BCUT2D eigenvalue weighted by Gasteiger charge is -2.15. The van der Waals surface area contributed by atoms with Gasteiger partial charge in [-0.05, 0) is 25.3 Å². The van der Waals surface area contributed by atoms with Crippen molar-refractivity contribution in [2.45, 2.75) is 51.7 Å². The second-order valence-corrected chi connectivity index (χ2v) is 6.38. The summed E-state index contributed by atoms with van der Waals surface area (Å²) in [5.74, 6) is -0.899. The molecular weight excluding hydrogens is 264 g/mol. The van der Waals surface area contributed by atoms with Crippen molar-refractivity contribution in [2.75, 3.05) is 0 Å². The van der Waals surface area contributed by atoms with Gasteiger partial charge in [0.15, 0.2) is 0 Å². The van der Waals surface area contributed by atoms with Gasteiger partial charge in [-0.3, -0.25) is 13.7 Å². The topological polar surface area (TPSA) is 72.2 Å². The van der Waals surface area contributed by atoms with Crippen LogP contribution >= 0.6 is 0 Å². The van der Waals surface area contributed by atoms with Crippen LogP contribution in [0.5, 0.6) is 0 Å². The molecule has 0 saturated heterocycles. The first-order valence-electron chi connectivity index (χ1n) is 6.56. The van der Waals surface area contributed by atoms with Gasteiger partial charge < -0.3 is 5.11 Å². The summed E-state index contributed by atoms with van der Waals surface area (Å²) in [6, 6.07) is 1.92. The van der Waals surface area contributed by atoms with Gasteiger partial charge in [0, 0.05) is 17.3 Å². The summed E-state index contributed by atoms with van der Waals surface area (Å²) in [6.07, 6.45) is 0.819. The Morgan fingerprint density at radius 3 is 2.53 bits per heavy atom. The normalized spacial score (nSPS) is 14.6. The zero-order valence-corrected chi connectivity index (χ0v) is 12.7. The zero-order valence-electron chi connectivity index (χ0n) is 11.9. The fourth-order valence-electron chi connectivity index (χ4n) is 2.01. The number of hydrogen-bond acceptors (Lipinski definition) is 3. The average molecular weight is 286 g/mol. The van der Waals surface area contributed by atoms with Gasteiger partial charge in [0.1, 0.15) is 5.25 Å². The number of carbonyl (C=O) groups is 1. The minimum Gasteiger partial charge on any atom is -0.480 e. The summed E-state index contributed by atoms with van der Waals surface area (Å²) in [5, 5.41) is 12.7. The van der Waals surface area contributed by atoms with Crippen LogP contribution in [-0.2, 0) is 34.3 Å². The molecule has 0 saturated carbocycles. The Hall–Kier alpha value is -1.17. The molecule has 19 heavy (non-hydrogen) atoms. The zero-order chi connectivity index (χ0) is 14.6. The lowest BCUT2D eigenvalue weighted by atomic mass is 10.1. The van der Waals surface area contributed by atoms with Crippen molar-refractivity contribution >= 4 is 16.8 Å². The smallest absolute Gasteiger partial charge is 0.319 e. The van der Waals surface area contributed by atoms with Crippen LogP contribution < -0.4 is 0 Å². The van der Waals surface area contributed by atoms with Crippen LogP contribution in [0.3, 0.4) is 0 Å². The molecule has 1 rings (SSSR count). The summed E-state index contributed by atoms with van der Waals surface area (Å²) < 4.78 is 14.1. The highest BCUT2D eigenvalue weighted by atomic mass is 32.2.